The molecule has 206 valence electrons. The number of Topliss-reactive ketones (excluding diaryl/α,β-unsaturated/α-hetero) is 1. The third-order valence-electron chi connectivity index (χ3n) is 6.16. The summed E-state index contributed by atoms with van der Waals surface area (Å²) < 4.78 is 0. The van der Waals surface area contributed by atoms with Crippen LogP contribution in [-0.4, -0.2) is 51.7 Å². The van der Waals surface area contributed by atoms with Crippen LogP contribution in [0, 0.1) is 5.92 Å². The summed E-state index contributed by atoms with van der Waals surface area (Å²) in [5, 5.41) is 14.7. The fraction of sp³-hybridized carbons (Fsp3) is 0.310. The van der Waals surface area contributed by atoms with Crippen LogP contribution >= 0.6 is 15.9 Å². The minimum Gasteiger partial charge on any atom is -0.481 e. The lowest BCUT2D eigenvalue weighted by molar-refractivity contribution is -0.147. The molecule has 3 rings (SSSR count). The predicted molar refractivity (Wildman–Crippen MR) is 150 cm³/mol. The van der Waals surface area contributed by atoms with Crippen molar-refractivity contribution in [2.24, 2.45) is 5.92 Å². The van der Waals surface area contributed by atoms with Gasteiger partial charge in [0, 0.05) is 12.5 Å². The first-order valence-corrected chi connectivity index (χ1v) is 13.6. The molecule has 1 unspecified atom stereocenters. The predicted octanol–water partition coefficient (Wildman–Crippen LogP) is 3.16. The first-order chi connectivity index (χ1) is 18.6. The van der Waals surface area contributed by atoms with Gasteiger partial charge >= 0.3 is 5.97 Å². The van der Waals surface area contributed by atoms with Crippen molar-refractivity contribution in [3.63, 3.8) is 0 Å². The molecule has 0 radical (unpaired) electrons. The van der Waals surface area contributed by atoms with E-state index in [1.54, 1.807) is 12.2 Å². The van der Waals surface area contributed by atoms with Crippen molar-refractivity contribution in [3.8, 4) is 0 Å². The number of ketones is 1. The molecule has 4 N–H and O–H groups in total. The average molecular weight is 598 g/mol. The first kappa shape index (κ1) is 29.8. The van der Waals surface area contributed by atoms with E-state index in [0.29, 0.717) is 5.70 Å². The van der Waals surface area contributed by atoms with Crippen LogP contribution < -0.4 is 16.1 Å². The van der Waals surface area contributed by atoms with E-state index in [9.17, 15) is 24.3 Å². The topological polar surface area (TPSA) is 134 Å². The van der Waals surface area contributed by atoms with Gasteiger partial charge in [0.25, 0.3) is 5.91 Å². The number of hydroxylamine groups is 1. The van der Waals surface area contributed by atoms with E-state index >= 15 is 0 Å². The molecule has 0 saturated carbocycles. The Morgan fingerprint density at radius 1 is 1.03 bits per heavy atom. The number of hydrogen-bond acceptors (Lipinski definition) is 6. The zero-order valence-corrected chi connectivity index (χ0v) is 23.3. The Bertz CT molecular complexity index is 1230. The minimum absolute atomic E-state index is 0.0771. The van der Waals surface area contributed by atoms with E-state index < -0.39 is 41.8 Å². The molecule has 1 heterocycles. The van der Waals surface area contributed by atoms with E-state index in [2.05, 4.69) is 32.0 Å². The van der Waals surface area contributed by atoms with E-state index in [1.807, 2.05) is 74.5 Å². The van der Waals surface area contributed by atoms with Crippen molar-refractivity contribution in [2.45, 2.75) is 44.4 Å². The maximum absolute atomic E-state index is 13.6. The molecule has 2 aromatic carbocycles. The van der Waals surface area contributed by atoms with Crippen molar-refractivity contribution in [1.82, 2.24) is 16.1 Å². The van der Waals surface area contributed by atoms with Gasteiger partial charge in [0.15, 0.2) is 11.4 Å². The second-order valence-corrected chi connectivity index (χ2v) is 10.1. The molecular formula is C29H32BrN3O6. The van der Waals surface area contributed by atoms with Crippen LogP contribution in [0.5, 0.6) is 0 Å². The van der Waals surface area contributed by atoms with E-state index in [0.717, 1.165) is 11.1 Å². The molecule has 0 spiro atoms. The quantitative estimate of drug-likeness (QED) is 0.206. The van der Waals surface area contributed by atoms with Gasteiger partial charge in [-0.1, -0.05) is 90.4 Å². The van der Waals surface area contributed by atoms with Gasteiger partial charge in [0.05, 0.1) is 29.5 Å². The highest BCUT2D eigenvalue weighted by molar-refractivity contribution is 9.09. The third-order valence-corrected chi connectivity index (χ3v) is 6.72. The number of rotatable bonds is 13. The van der Waals surface area contributed by atoms with Crippen molar-refractivity contribution in [1.29, 1.82) is 0 Å². The van der Waals surface area contributed by atoms with Crippen LogP contribution in [-0.2, 0) is 30.4 Å². The van der Waals surface area contributed by atoms with Gasteiger partial charge in [-0.15, -0.1) is 0 Å². The van der Waals surface area contributed by atoms with E-state index in [1.165, 1.54) is 6.08 Å². The molecule has 10 heteroatoms. The Balaban J connectivity index is 1.89. The van der Waals surface area contributed by atoms with Gasteiger partial charge in [-0.3, -0.25) is 29.5 Å². The van der Waals surface area contributed by atoms with Crippen LogP contribution in [0.2, 0.25) is 0 Å². The number of alkyl halides is 1. The van der Waals surface area contributed by atoms with Gasteiger partial charge in [0.2, 0.25) is 5.91 Å². The second-order valence-electron chi connectivity index (χ2n) is 9.55. The number of benzene rings is 2. The molecule has 9 nitrogen and oxygen atoms in total. The Morgan fingerprint density at radius 3 is 2.26 bits per heavy atom. The number of aliphatic carboxylic acids is 1. The van der Waals surface area contributed by atoms with E-state index in [4.69, 9.17) is 4.84 Å². The Labute approximate surface area is 235 Å². The van der Waals surface area contributed by atoms with Crippen LogP contribution in [0.1, 0.15) is 31.4 Å². The molecular weight excluding hydrogens is 566 g/mol. The molecule has 1 aliphatic heterocycles. The summed E-state index contributed by atoms with van der Waals surface area (Å²) in [6, 6.07) is 16.8. The zero-order valence-electron chi connectivity index (χ0n) is 21.7. The van der Waals surface area contributed by atoms with Gasteiger partial charge in [-0.2, -0.15) is 0 Å². The third kappa shape index (κ3) is 8.36. The monoisotopic (exact) mass is 597 g/mol. The number of halogens is 1. The minimum atomic E-state index is -1.60. The maximum atomic E-state index is 13.6. The lowest BCUT2D eigenvalue weighted by Gasteiger charge is -2.27. The van der Waals surface area contributed by atoms with Gasteiger partial charge in [-0.25, -0.2) is 0 Å². The molecule has 2 amide bonds. The average Bonchev–Trinajstić information content (AvgIpc) is 3.35. The number of carboxylic acid groups (broad SMARTS) is 1. The number of hydrogen-bond donors (Lipinski definition) is 4. The number of carbonyl (C=O) groups excluding carboxylic acids is 3. The van der Waals surface area contributed by atoms with Crippen LogP contribution in [0.4, 0.5) is 0 Å². The summed E-state index contributed by atoms with van der Waals surface area (Å²) in [7, 11) is 0. The lowest BCUT2D eigenvalue weighted by Crippen LogP contribution is -2.54. The Hall–Kier alpha value is -3.76. The molecule has 39 heavy (non-hydrogen) atoms. The summed E-state index contributed by atoms with van der Waals surface area (Å²) in [5.74, 6) is -2.78. The van der Waals surface area contributed by atoms with Crippen LogP contribution in [0.15, 0.2) is 78.5 Å². The molecule has 1 aliphatic rings. The van der Waals surface area contributed by atoms with Crippen LogP contribution in [0.25, 0.3) is 6.08 Å². The highest BCUT2D eigenvalue weighted by atomic mass is 79.9. The number of carbonyl (C=O) groups is 4. The van der Waals surface area contributed by atoms with E-state index in [-0.39, 0.29) is 23.6 Å². The summed E-state index contributed by atoms with van der Waals surface area (Å²) in [5.41, 5.74) is 3.35. The summed E-state index contributed by atoms with van der Waals surface area (Å²) in [6.45, 7) is 3.84. The summed E-state index contributed by atoms with van der Waals surface area (Å²) in [6.07, 6.45) is 4.27. The number of amides is 2. The second kappa shape index (κ2) is 13.9. The molecule has 0 saturated heterocycles. The molecule has 0 aliphatic carbocycles. The maximum Gasteiger partial charge on any atom is 0.305 e. The van der Waals surface area contributed by atoms with Gasteiger partial charge in [-0.05, 0) is 29.2 Å². The fourth-order valence-corrected chi connectivity index (χ4v) is 4.52. The normalized spacial score (nSPS) is 18.2. The molecule has 0 aromatic heterocycles. The zero-order chi connectivity index (χ0) is 28.4. The van der Waals surface area contributed by atoms with Crippen molar-refractivity contribution < 1.29 is 29.1 Å². The molecule has 2 aromatic rings. The first-order valence-electron chi connectivity index (χ1n) is 12.5. The Kier molecular flexibility index (Phi) is 10.6. The Morgan fingerprint density at radius 2 is 1.67 bits per heavy atom. The highest BCUT2D eigenvalue weighted by Crippen LogP contribution is 2.29. The molecule has 0 fully saturated rings. The summed E-state index contributed by atoms with van der Waals surface area (Å²) >= 11 is 3.05. The number of carboxylic acids is 1. The summed E-state index contributed by atoms with van der Waals surface area (Å²) in [4.78, 5) is 56.0. The van der Waals surface area contributed by atoms with Gasteiger partial charge < -0.3 is 15.7 Å². The highest BCUT2D eigenvalue weighted by Gasteiger charge is 2.46. The van der Waals surface area contributed by atoms with Crippen molar-refractivity contribution >= 4 is 45.6 Å². The molecule has 0 bridgehead atoms. The molecule has 3 atom stereocenters. The lowest BCUT2D eigenvalue weighted by atomic mass is 9.90. The fourth-order valence-electron chi connectivity index (χ4n) is 4.13. The van der Waals surface area contributed by atoms with Crippen molar-refractivity contribution in [3.05, 3.63) is 89.6 Å². The smallest absolute Gasteiger partial charge is 0.305 e. The largest absolute Gasteiger partial charge is 0.481 e. The standard InChI is InChI=1S/C29H32BrN3O6/c1-19(2)27(32-25(35)14-13-20-9-5-3-6-10-20)23-17-29(39-33-23,16-21-11-7-4-8-12-21)28(38)31-22(15-26(36)37)24(34)18-30/h3-14,17,19,22,27,33H,15-16,18H2,1-2H3,(H,31,38)(H,32,35)(H,36,37)/t22-,27-,29?/m0/s1. The van der Waals surface area contributed by atoms with Crippen molar-refractivity contribution in [2.75, 3.05) is 5.33 Å². The van der Waals surface area contributed by atoms with Crippen LogP contribution in [0.3, 0.4) is 0 Å². The number of nitrogens with one attached hydrogen (secondary N) is 3. The van der Waals surface area contributed by atoms with Gasteiger partial charge in [0.1, 0.15) is 0 Å². The SMILES string of the molecule is CC(C)[C@H](NC(=O)C=Cc1ccccc1)C1=CC(Cc2ccccc2)(C(=O)N[C@@H](CC(=O)O)C(=O)CBr)ON1.